The van der Waals surface area contributed by atoms with Crippen molar-refractivity contribution >= 4 is 23.3 Å². The molecule has 0 radical (unpaired) electrons. The van der Waals surface area contributed by atoms with Crippen LogP contribution in [0, 0.1) is 0 Å². The number of halogens is 1. The number of amides is 1. The third kappa shape index (κ3) is 3.46. The number of hydrogen-bond acceptors (Lipinski definition) is 3. The first-order valence-electron chi connectivity index (χ1n) is 5.10. The van der Waals surface area contributed by atoms with Crippen LogP contribution in [0.25, 0.3) is 0 Å². The summed E-state index contributed by atoms with van der Waals surface area (Å²) in [6.45, 7) is 3.04. The van der Waals surface area contributed by atoms with Crippen LogP contribution >= 0.6 is 11.6 Å². The topological polar surface area (TPSA) is 55.4 Å². The van der Waals surface area contributed by atoms with Crippen LogP contribution in [0.5, 0.6) is 5.75 Å². The summed E-state index contributed by atoms with van der Waals surface area (Å²) in [6, 6.07) is 4.20. The fourth-order valence-electron chi connectivity index (χ4n) is 1.23. The zero-order valence-corrected chi connectivity index (χ0v) is 10.7. The van der Waals surface area contributed by atoms with E-state index >= 15 is 0 Å². The van der Waals surface area contributed by atoms with E-state index in [-0.39, 0.29) is 11.7 Å². The summed E-state index contributed by atoms with van der Waals surface area (Å²) in [5, 5.41) is 3.01. The Morgan fingerprint density at radius 2 is 2.06 bits per heavy atom. The molecule has 0 aromatic heterocycles. The molecule has 1 unspecified atom stereocenters. The molecule has 0 fully saturated rings. The Kier molecular flexibility index (Phi) is 4.52. The standard InChI is InChI=1S/C12H14ClNO3/c1-7(8(2)15)14-12(16)10-6-9(13)4-5-11(10)17-3/h4-7H,1-3H3,(H,14,16). The number of carbonyl (C=O) groups excluding carboxylic acids is 2. The molecule has 5 heteroatoms. The molecule has 1 amide bonds. The summed E-state index contributed by atoms with van der Waals surface area (Å²) < 4.78 is 5.06. The maximum absolute atomic E-state index is 11.9. The molecule has 0 aliphatic rings. The van der Waals surface area contributed by atoms with Gasteiger partial charge in [-0.1, -0.05) is 11.6 Å². The smallest absolute Gasteiger partial charge is 0.255 e. The van der Waals surface area contributed by atoms with Crippen LogP contribution in [0.2, 0.25) is 5.02 Å². The van der Waals surface area contributed by atoms with Gasteiger partial charge in [-0.25, -0.2) is 0 Å². The van der Waals surface area contributed by atoms with Crippen molar-refractivity contribution in [1.82, 2.24) is 5.32 Å². The summed E-state index contributed by atoms with van der Waals surface area (Å²) in [6.07, 6.45) is 0. The number of benzene rings is 1. The molecule has 0 saturated carbocycles. The number of methoxy groups -OCH3 is 1. The van der Waals surface area contributed by atoms with E-state index in [1.807, 2.05) is 0 Å². The van der Waals surface area contributed by atoms with Gasteiger partial charge >= 0.3 is 0 Å². The Labute approximate surface area is 105 Å². The first-order valence-corrected chi connectivity index (χ1v) is 5.48. The highest BCUT2D eigenvalue weighted by molar-refractivity contribution is 6.31. The van der Waals surface area contributed by atoms with Crippen molar-refractivity contribution in [3.8, 4) is 5.75 Å². The van der Waals surface area contributed by atoms with Crippen molar-refractivity contribution in [2.24, 2.45) is 0 Å². The van der Waals surface area contributed by atoms with Crippen molar-refractivity contribution < 1.29 is 14.3 Å². The van der Waals surface area contributed by atoms with Gasteiger partial charge in [0.05, 0.1) is 18.7 Å². The summed E-state index contributed by atoms with van der Waals surface area (Å²) in [5.41, 5.74) is 0.313. The molecule has 17 heavy (non-hydrogen) atoms. The second-order valence-corrected chi connectivity index (χ2v) is 4.09. The molecule has 0 bridgehead atoms. The average molecular weight is 256 g/mol. The summed E-state index contributed by atoms with van der Waals surface area (Å²) in [7, 11) is 1.47. The van der Waals surface area contributed by atoms with Crippen LogP contribution < -0.4 is 10.1 Å². The second-order valence-electron chi connectivity index (χ2n) is 3.65. The Bertz CT molecular complexity index is 445. The van der Waals surface area contributed by atoms with Gasteiger partial charge in [-0.15, -0.1) is 0 Å². The van der Waals surface area contributed by atoms with E-state index in [2.05, 4.69) is 5.32 Å². The minimum atomic E-state index is -0.536. The number of rotatable bonds is 4. The fourth-order valence-corrected chi connectivity index (χ4v) is 1.41. The molecule has 4 nitrogen and oxygen atoms in total. The van der Waals surface area contributed by atoms with Gasteiger partial charge in [0.2, 0.25) is 0 Å². The van der Waals surface area contributed by atoms with E-state index in [0.717, 1.165) is 0 Å². The van der Waals surface area contributed by atoms with E-state index < -0.39 is 6.04 Å². The number of ether oxygens (including phenoxy) is 1. The Morgan fingerprint density at radius 3 is 2.59 bits per heavy atom. The number of hydrogen-bond donors (Lipinski definition) is 1. The van der Waals surface area contributed by atoms with Gasteiger partial charge in [-0.05, 0) is 32.0 Å². The predicted octanol–water partition coefficient (Wildman–Crippen LogP) is 2.06. The van der Waals surface area contributed by atoms with Crippen LogP contribution in [-0.2, 0) is 4.79 Å². The molecule has 0 aliphatic carbocycles. The predicted molar refractivity (Wildman–Crippen MR) is 65.6 cm³/mol. The monoisotopic (exact) mass is 255 g/mol. The third-order valence-electron chi connectivity index (χ3n) is 2.36. The molecule has 0 saturated heterocycles. The van der Waals surface area contributed by atoms with Gasteiger partial charge in [0.25, 0.3) is 5.91 Å². The highest BCUT2D eigenvalue weighted by Crippen LogP contribution is 2.22. The molecule has 0 aliphatic heterocycles. The van der Waals surface area contributed by atoms with E-state index in [1.165, 1.54) is 20.1 Å². The van der Waals surface area contributed by atoms with Crippen LogP contribution in [0.15, 0.2) is 18.2 Å². The molecule has 1 N–H and O–H groups in total. The minimum Gasteiger partial charge on any atom is -0.496 e. The molecule has 1 aromatic carbocycles. The molecule has 92 valence electrons. The second kappa shape index (κ2) is 5.68. The highest BCUT2D eigenvalue weighted by Gasteiger charge is 2.16. The van der Waals surface area contributed by atoms with Gasteiger partial charge in [0.15, 0.2) is 5.78 Å². The van der Waals surface area contributed by atoms with Crippen LogP contribution in [0.4, 0.5) is 0 Å². The van der Waals surface area contributed by atoms with E-state index in [4.69, 9.17) is 16.3 Å². The summed E-state index contributed by atoms with van der Waals surface area (Å²) in [5.74, 6) is -0.0750. The van der Waals surface area contributed by atoms with Crippen molar-refractivity contribution in [2.45, 2.75) is 19.9 Å². The van der Waals surface area contributed by atoms with Crippen LogP contribution in [-0.4, -0.2) is 24.8 Å². The summed E-state index contributed by atoms with van der Waals surface area (Å²) in [4.78, 5) is 22.9. The third-order valence-corrected chi connectivity index (χ3v) is 2.60. The lowest BCUT2D eigenvalue weighted by molar-refractivity contribution is -0.118. The van der Waals surface area contributed by atoms with E-state index in [9.17, 15) is 9.59 Å². The van der Waals surface area contributed by atoms with Gasteiger partial charge in [0, 0.05) is 5.02 Å². The Morgan fingerprint density at radius 1 is 1.41 bits per heavy atom. The van der Waals surface area contributed by atoms with Gasteiger partial charge in [-0.3, -0.25) is 9.59 Å². The van der Waals surface area contributed by atoms with Gasteiger partial charge < -0.3 is 10.1 Å². The normalized spacial score (nSPS) is 11.8. The number of ketones is 1. The Hall–Kier alpha value is -1.55. The molecule has 0 heterocycles. The lowest BCUT2D eigenvalue weighted by Gasteiger charge is -2.13. The van der Waals surface area contributed by atoms with E-state index in [1.54, 1.807) is 19.1 Å². The zero-order valence-electron chi connectivity index (χ0n) is 9.91. The number of Topliss-reactive ketones (excluding diaryl/α,β-unsaturated/α-hetero) is 1. The maximum Gasteiger partial charge on any atom is 0.255 e. The quantitative estimate of drug-likeness (QED) is 0.896. The highest BCUT2D eigenvalue weighted by atomic mass is 35.5. The molecule has 0 spiro atoms. The first kappa shape index (κ1) is 13.5. The van der Waals surface area contributed by atoms with Gasteiger partial charge in [0.1, 0.15) is 5.75 Å². The minimum absolute atomic E-state index is 0.112. The largest absolute Gasteiger partial charge is 0.496 e. The van der Waals surface area contributed by atoms with Crippen molar-refractivity contribution in [2.75, 3.05) is 7.11 Å². The number of nitrogens with one attached hydrogen (secondary N) is 1. The zero-order chi connectivity index (χ0) is 13.0. The summed E-state index contributed by atoms with van der Waals surface area (Å²) >= 11 is 5.81. The maximum atomic E-state index is 11.9. The lowest BCUT2D eigenvalue weighted by Crippen LogP contribution is -2.37. The first-order chi connectivity index (χ1) is 7.95. The SMILES string of the molecule is COc1ccc(Cl)cc1C(=O)NC(C)C(C)=O. The molecular weight excluding hydrogens is 242 g/mol. The fraction of sp³-hybridized carbons (Fsp3) is 0.333. The lowest BCUT2D eigenvalue weighted by atomic mass is 10.1. The molecular formula is C12H14ClNO3. The van der Waals surface area contributed by atoms with Crippen LogP contribution in [0.3, 0.4) is 0 Å². The van der Waals surface area contributed by atoms with E-state index in [0.29, 0.717) is 16.3 Å². The van der Waals surface area contributed by atoms with Crippen molar-refractivity contribution in [3.63, 3.8) is 0 Å². The average Bonchev–Trinajstić information content (AvgIpc) is 2.28. The number of carbonyl (C=O) groups is 2. The Balaban J connectivity index is 2.95. The van der Waals surface area contributed by atoms with Crippen LogP contribution in [0.1, 0.15) is 24.2 Å². The van der Waals surface area contributed by atoms with Crippen molar-refractivity contribution in [1.29, 1.82) is 0 Å². The van der Waals surface area contributed by atoms with Gasteiger partial charge in [-0.2, -0.15) is 0 Å². The molecule has 1 atom stereocenters. The molecule has 1 rings (SSSR count). The van der Waals surface area contributed by atoms with Crippen molar-refractivity contribution in [3.05, 3.63) is 28.8 Å². The molecule has 1 aromatic rings.